The Hall–Kier alpha value is -3.53. The first-order chi connectivity index (χ1) is 16.6. The van der Waals surface area contributed by atoms with E-state index in [2.05, 4.69) is 25.6 Å². The van der Waals surface area contributed by atoms with Gasteiger partial charge >= 0.3 is 0 Å². The number of aliphatic hydroxyl groups is 1. The molecule has 10 heteroatoms. The van der Waals surface area contributed by atoms with E-state index in [-0.39, 0.29) is 12.4 Å². The molecule has 1 fully saturated rings. The number of hydrogen-bond donors (Lipinski definition) is 3. The van der Waals surface area contributed by atoms with Crippen molar-refractivity contribution in [3.05, 3.63) is 70.8 Å². The Morgan fingerprint density at radius 1 is 1.03 bits per heavy atom. The number of halogens is 1. The lowest BCUT2D eigenvalue weighted by molar-refractivity contribution is 0.104. The lowest BCUT2D eigenvalue weighted by atomic mass is 10.1. The molecule has 1 aliphatic rings. The SMILES string of the molecule is O=C(/C=C/c1ccc(Cl)cc1)c1ccc(Nc2nc(NCCO)nc(N3CCOCC3)n2)cc1. The molecule has 1 saturated heterocycles. The molecule has 0 atom stereocenters. The number of anilines is 4. The standard InChI is InChI=1S/C24H25ClN6O3/c25-19-6-1-17(2-7-19)3-10-21(33)18-4-8-20(9-5-18)27-23-28-22(26-11-14-32)29-24(30-23)31-12-15-34-16-13-31/h1-10,32H,11-16H2,(H2,26,27,28,29,30)/b10-3+. The van der Waals surface area contributed by atoms with Crippen molar-refractivity contribution in [2.24, 2.45) is 0 Å². The van der Waals surface area contributed by atoms with E-state index < -0.39 is 0 Å². The van der Waals surface area contributed by atoms with Gasteiger partial charge in [0.05, 0.1) is 19.8 Å². The van der Waals surface area contributed by atoms with Gasteiger partial charge in [-0.1, -0.05) is 29.8 Å². The van der Waals surface area contributed by atoms with Crippen LogP contribution >= 0.6 is 11.6 Å². The number of hydrogen-bond acceptors (Lipinski definition) is 9. The molecule has 0 spiro atoms. The average Bonchev–Trinajstić information content (AvgIpc) is 2.88. The van der Waals surface area contributed by atoms with Gasteiger partial charge in [-0.25, -0.2) is 0 Å². The van der Waals surface area contributed by atoms with Crippen LogP contribution in [0, 0.1) is 0 Å². The lowest BCUT2D eigenvalue weighted by Gasteiger charge is -2.27. The fourth-order valence-electron chi connectivity index (χ4n) is 3.26. The third kappa shape index (κ3) is 6.50. The monoisotopic (exact) mass is 480 g/mol. The zero-order chi connectivity index (χ0) is 23.8. The number of nitrogens with zero attached hydrogens (tertiary/aromatic N) is 4. The molecule has 4 rings (SSSR count). The normalized spacial score (nSPS) is 13.8. The number of ether oxygens (including phenoxy) is 1. The van der Waals surface area contributed by atoms with Gasteiger partial charge in [-0.3, -0.25) is 4.79 Å². The van der Waals surface area contributed by atoms with E-state index in [9.17, 15) is 4.79 Å². The van der Waals surface area contributed by atoms with Gasteiger partial charge in [0.25, 0.3) is 0 Å². The maximum absolute atomic E-state index is 12.5. The predicted molar refractivity (Wildman–Crippen MR) is 133 cm³/mol. The van der Waals surface area contributed by atoms with Crippen LogP contribution in [0.25, 0.3) is 6.08 Å². The Bertz CT molecular complexity index is 1130. The quantitative estimate of drug-likeness (QED) is 0.313. The third-order valence-corrected chi connectivity index (χ3v) is 5.29. The van der Waals surface area contributed by atoms with Crippen molar-refractivity contribution < 1.29 is 14.6 Å². The lowest BCUT2D eigenvalue weighted by Crippen LogP contribution is -2.37. The molecule has 0 radical (unpaired) electrons. The van der Waals surface area contributed by atoms with Crippen LogP contribution in [0.3, 0.4) is 0 Å². The van der Waals surface area contributed by atoms with E-state index in [1.807, 2.05) is 17.0 Å². The summed E-state index contributed by atoms with van der Waals surface area (Å²) >= 11 is 5.89. The molecular formula is C24H25ClN6O3. The maximum Gasteiger partial charge on any atom is 0.233 e. The maximum atomic E-state index is 12.5. The minimum atomic E-state index is -0.105. The number of ketones is 1. The zero-order valence-corrected chi connectivity index (χ0v) is 19.2. The van der Waals surface area contributed by atoms with Crippen molar-refractivity contribution in [2.75, 3.05) is 55.0 Å². The van der Waals surface area contributed by atoms with Crippen molar-refractivity contribution in [1.82, 2.24) is 15.0 Å². The second-order valence-corrected chi connectivity index (χ2v) is 7.92. The minimum absolute atomic E-state index is 0.0384. The fourth-order valence-corrected chi connectivity index (χ4v) is 3.39. The minimum Gasteiger partial charge on any atom is -0.395 e. The second kappa shape index (κ2) is 11.6. The van der Waals surface area contributed by atoms with Crippen LogP contribution in [-0.2, 0) is 4.74 Å². The van der Waals surface area contributed by atoms with E-state index in [4.69, 9.17) is 21.4 Å². The molecule has 3 aromatic rings. The predicted octanol–water partition coefficient (Wildman–Crippen LogP) is 3.41. The summed E-state index contributed by atoms with van der Waals surface area (Å²) in [5, 5.41) is 15.9. The van der Waals surface area contributed by atoms with Crippen molar-refractivity contribution in [3.8, 4) is 0 Å². The Morgan fingerprint density at radius 2 is 1.74 bits per heavy atom. The molecule has 2 heterocycles. The van der Waals surface area contributed by atoms with Gasteiger partial charge in [-0.05, 0) is 48.0 Å². The van der Waals surface area contributed by atoms with Crippen molar-refractivity contribution >= 4 is 47.0 Å². The highest BCUT2D eigenvalue weighted by atomic mass is 35.5. The summed E-state index contributed by atoms with van der Waals surface area (Å²) in [6.07, 6.45) is 3.29. The molecule has 9 nitrogen and oxygen atoms in total. The van der Waals surface area contributed by atoms with Crippen molar-refractivity contribution in [2.45, 2.75) is 0 Å². The topological polar surface area (TPSA) is 112 Å². The number of allylic oxidation sites excluding steroid dienone is 1. The van der Waals surface area contributed by atoms with Crippen LogP contribution in [0.5, 0.6) is 0 Å². The molecule has 0 amide bonds. The van der Waals surface area contributed by atoms with Crippen LogP contribution in [0.15, 0.2) is 54.6 Å². The van der Waals surface area contributed by atoms with Gasteiger partial charge in [0.1, 0.15) is 0 Å². The number of morpholine rings is 1. The van der Waals surface area contributed by atoms with E-state index >= 15 is 0 Å². The van der Waals surface area contributed by atoms with Crippen molar-refractivity contribution in [3.63, 3.8) is 0 Å². The smallest absolute Gasteiger partial charge is 0.233 e. The summed E-state index contributed by atoms with van der Waals surface area (Å²) in [6, 6.07) is 14.3. The number of nitrogens with one attached hydrogen (secondary N) is 2. The van der Waals surface area contributed by atoms with Gasteiger partial charge in [-0.15, -0.1) is 0 Å². The van der Waals surface area contributed by atoms with Gasteiger partial charge < -0.3 is 25.4 Å². The third-order valence-electron chi connectivity index (χ3n) is 5.04. The second-order valence-electron chi connectivity index (χ2n) is 7.48. The molecule has 1 aromatic heterocycles. The number of carbonyl (C=O) groups is 1. The van der Waals surface area contributed by atoms with Gasteiger partial charge in [-0.2, -0.15) is 15.0 Å². The average molecular weight is 481 g/mol. The summed E-state index contributed by atoms with van der Waals surface area (Å²) < 4.78 is 5.41. The van der Waals surface area contributed by atoms with Crippen LogP contribution in [0.4, 0.5) is 23.5 Å². The molecule has 0 unspecified atom stereocenters. The fraction of sp³-hybridized carbons (Fsp3) is 0.250. The van der Waals surface area contributed by atoms with E-state index in [0.717, 1.165) is 11.3 Å². The van der Waals surface area contributed by atoms with Gasteiger partial charge in [0.2, 0.25) is 17.8 Å². The molecule has 176 valence electrons. The molecule has 2 aromatic carbocycles. The molecule has 0 saturated carbocycles. The number of benzene rings is 2. The molecule has 34 heavy (non-hydrogen) atoms. The first-order valence-corrected chi connectivity index (χ1v) is 11.3. The summed E-state index contributed by atoms with van der Waals surface area (Å²) in [5.41, 5.74) is 2.18. The highest BCUT2D eigenvalue weighted by Gasteiger charge is 2.17. The number of aromatic nitrogens is 3. The Balaban J connectivity index is 1.46. The molecule has 3 N–H and O–H groups in total. The van der Waals surface area contributed by atoms with E-state index in [1.165, 1.54) is 6.08 Å². The summed E-state index contributed by atoms with van der Waals surface area (Å²) in [4.78, 5) is 27.9. The van der Waals surface area contributed by atoms with Crippen LogP contribution in [0.2, 0.25) is 5.02 Å². The summed E-state index contributed by atoms with van der Waals surface area (Å²) in [5.74, 6) is 1.15. The zero-order valence-electron chi connectivity index (χ0n) is 18.4. The van der Waals surface area contributed by atoms with Crippen LogP contribution in [-0.4, -0.2) is 65.3 Å². The van der Waals surface area contributed by atoms with Crippen molar-refractivity contribution in [1.29, 1.82) is 0 Å². The Kier molecular flexibility index (Phi) is 8.03. The van der Waals surface area contributed by atoms with E-state index in [1.54, 1.807) is 42.5 Å². The van der Waals surface area contributed by atoms with Crippen LogP contribution in [0.1, 0.15) is 15.9 Å². The first-order valence-electron chi connectivity index (χ1n) is 10.9. The largest absolute Gasteiger partial charge is 0.395 e. The Morgan fingerprint density at radius 3 is 2.44 bits per heavy atom. The van der Waals surface area contributed by atoms with Crippen LogP contribution < -0.4 is 15.5 Å². The molecule has 0 bridgehead atoms. The molecular weight excluding hydrogens is 456 g/mol. The number of carbonyl (C=O) groups excluding carboxylic acids is 1. The highest BCUT2D eigenvalue weighted by molar-refractivity contribution is 6.30. The number of aliphatic hydroxyl groups excluding tert-OH is 1. The highest BCUT2D eigenvalue weighted by Crippen LogP contribution is 2.20. The first kappa shape index (κ1) is 23.6. The van der Waals surface area contributed by atoms with Gasteiger partial charge in [0.15, 0.2) is 5.78 Å². The molecule has 0 aliphatic carbocycles. The number of rotatable bonds is 9. The molecule has 1 aliphatic heterocycles. The summed E-state index contributed by atoms with van der Waals surface area (Å²) in [6.45, 7) is 2.87. The summed E-state index contributed by atoms with van der Waals surface area (Å²) in [7, 11) is 0. The van der Waals surface area contributed by atoms with E-state index in [0.29, 0.717) is 61.3 Å². The van der Waals surface area contributed by atoms with Gasteiger partial charge in [0, 0.05) is 35.9 Å². The Labute approximate surface area is 202 Å².